The third-order valence-electron chi connectivity index (χ3n) is 2.31. The Kier molecular flexibility index (Phi) is 2.38. The summed E-state index contributed by atoms with van der Waals surface area (Å²) in [6.45, 7) is 1.63. The fraction of sp³-hybridized carbons (Fsp3) is 0.300. The zero-order valence-corrected chi connectivity index (χ0v) is 9.67. The summed E-state index contributed by atoms with van der Waals surface area (Å²) in [5, 5.41) is 2.59. The highest BCUT2D eigenvalue weighted by molar-refractivity contribution is 7.90. The lowest BCUT2D eigenvalue weighted by atomic mass is 10.2. The van der Waals surface area contributed by atoms with Crippen LogP contribution >= 0.6 is 0 Å². The van der Waals surface area contributed by atoms with Crippen molar-refractivity contribution >= 4 is 21.4 Å². The second-order valence-corrected chi connectivity index (χ2v) is 5.70. The Labute approximate surface area is 93.3 Å². The van der Waals surface area contributed by atoms with Gasteiger partial charge in [-0.3, -0.25) is 4.79 Å². The standard InChI is InChI=1S/C10H11NO4S/c1-6-10(12)11-8-5-7(16(2,13)14)3-4-9(8)15-6/h3-6H,1-2H3,(H,11,12). The topological polar surface area (TPSA) is 72.5 Å². The Morgan fingerprint density at radius 1 is 1.38 bits per heavy atom. The third-order valence-corrected chi connectivity index (χ3v) is 3.42. The first-order chi connectivity index (χ1) is 7.38. The molecule has 0 bridgehead atoms. The minimum atomic E-state index is -3.27. The minimum absolute atomic E-state index is 0.157. The monoisotopic (exact) mass is 241 g/mol. The molecule has 5 nitrogen and oxygen atoms in total. The predicted octanol–water partition coefficient (Wildman–Crippen LogP) is 0.809. The fourth-order valence-corrected chi connectivity index (χ4v) is 2.07. The molecular weight excluding hydrogens is 230 g/mol. The molecule has 0 radical (unpaired) electrons. The lowest BCUT2D eigenvalue weighted by Gasteiger charge is -2.23. The van der Waals surface area contributed by atoms with Crippen molar-refractivity contribution in [3.8, 4) is 5.75 Å². The van der Waals surface area contributed by atoms with Crippen molar-refractivity contribution in [2.45, 2.75) is 17.9 Å². The van der Waals surface area contributed by atoms with Crippen molar-refractivity contribution < 1.29 is 17.9 Å². The molecule has 0 aromatic heterocycles. The molecule has 2 rings (SSSR count). The van der Waals surface area contributed by atoms with E-state index in [2.05, 4.69) is 5.32 Å². The summed E-state index contributed by atoms with van der Waals surface area (Å²) in [5.41, 5.74) is 0.394. The van der Waals surface area contributed by atoms with Crippen LogP contribution in [0.25, 0.3) is 0 Å². The first-order valence-electron chi connectivity index (χ1n) is 4.69. The van der Waals surface area contributed by atoms with Gasteiger partial charge in [0.25, 0.3) is 5.91 Å². The van der Waals surface area contributed by atoms with Crippen LogP contribution in [0.4, 0.5) is 5.69 Å². The van der Waals surface area contributed by atoms with Crippen molar-refractivity contribution in [3.63, 3.8) is 0 Å². The average molecular weight is 241 g/mol. The van der Waals surface area contributed by atoms with Gasteiger partial charge in [-0.25, -0.2) is 8.42 Å². The number of ether oxygens (including phenoxy) is 1. The Morgan fingerprint density at radius 3 is 2.69 bits per heavy atom. The highest BCUT2D eigenvalue weighted by atomic mass is 32.2. The van der Waals surface area contributed by atoms with E-state index in [0.29, 0.717) is 11.4 Å². The summed E-state index contributed by atoms with van der Waals surface area (Å²) in [7, 11) is -3.27. The number of carbonyl (C=O) groups excluding carboxylic acids is 1. The van der Waals surface area contributed by atoms with Crippen LogP contribution in [0.1, 0.15) is 6.92 Å². The predicted molar refractivity (Wildman–Crippen MR) is 58.3 cm³/mol. The Morgan fingerprint density at radius 2 is 2.06 bits per heavy atom. The molecule has 1 aliphatic heterocycles. The molecule has 0 aliphatic carbocycles. The molecule has 1 aromatic carbocycles. The van der Waals surface area contributed by atoms with Crippen LogP contribution in [0, 0.1) is 0 Å². The number of sulfone groups is 1. The number of fused-ring (bicyclic) bond motifs is 1. The maximum atomic E-state index is 11.3. The van der Waals surface area contributed by atoms with Gasteiger partial charge < -0.3 is 10.1 Å². The molecule has 0 saturated heterocycles. The second-order valence-electron chi connectivity index (χ2n) is 3.68. The molecule has 1 aliphatic rings. The molecule has 1 amide bonds. The van der Waals surface area contributed by atoms with E-state index in [4.69, 9.17) is 4.74 Å². The first kappa shape index (κ1) is 10.9. The van der Waals surface area contributed by atoms with Crippen molar-refractivity contribution in [2.24, 2.45) is 0 Å². The molecule has 86 valence electrons. The van der Waals surface area contributed by atoms with Gasteiger partial charge in [0.1, 0.15) is 5.75 Å². The molecule has 0 fully saturated rings. The summed E-state index contributed by atoms with van der Waals surface area (Å²) < 4.78 is 27.9. The van der Waals surface area contributed by atoms with Crippen LogP contribution in [0.5, 0.6) is 5.75 Å². The number of hydrogen-bond acceptors (Lipinski definition) is 4. The number of carbonyl (C=O) groups is 1. The van der Waals surface area contributed by atoms with Crippen molar-refractivity contribution in [3.05, 3.63) is 18.2 Å². The van der Waals surface area contributed by atoms with Crippen LogP contribution in [0.2, 0.25) is 0 Å². The van der Waals surface area contributed by atoms with Crippen LogP contribution in [-0.2, 0) is 14.6 Å². The Hall–Kier alpha value is -1.56. The number of hydrogen-bond donors (Lipinski definition) is 1. The zero-order valence-electron chi connectivity index (χ0n) is 8.85. The molecule has 1 heterocycles. The molecule has 1 N–H and O–H groups in total. The van der Waals surface area contributed by atoms with Gasteiger partial charge in [-0.15, -0.1) is 0 Å². The van der Waals surface area contributed by atoms with E-state index in [0.717, 1.165) is 6.26 Å². The normalized spacial score (nSPS) is 19.6. The first-order valence-corrected chi connectivity index (χ1v) is 6.59. The minimum Gasteiger partial charge on any atom is -0.479 e. The highest BCUT2D eigenvalue weighted by Crippen LogP contribution is 2.31. The number of rotatable bonds is 1. The van der Waals surface area contributed by atoms with Crippen LogP contribution in [0.3, 0.4) is 0 Å². The maximum Gasteiger partial charge on any atom is 0.265 e. The largest absolute Gasteiger partial charge is 0.479 e. The van der Waals surface area contributed by atoms with Gasteiger partial charge in [0, 0.05) is 6.26 Å². The van der Waals surface area contributed by atoms with E-state index in [9.17, 15) is 13.2 Å². The van der Waals surface area contributed by atoms with Gasteiger partial charge in [-0.05, 0) is 25.1 Å². The summed E-state index contributed by atoms with van der Waals surface area (Å²) in [6, 6.07) is 4.40. The number of benzene rings is 1. The third kappa shape index (κ3) is 1.88. The quantitative estimate of drug-likeness (QED) is 0.789. The number of amides is 1. The van der Waals surface area contributed by atoms with E-state index in [1.807, 2.05) is 0 Å². The molecule has 1 aromatic rings. The van der Waals surface area contributed by atoms with Crippen molar-refractivity contribution in [1.29, 1.82) is 0 Å². The van der Waals surface area contributed by atoms with E-state index < -0.39 is 15.9 Å². The molecule has 16 heavy (non-hydrogen) atoms. The van der Waals surface area contributed by atoms with Crippen molar-refractivity contribution in [2.75, 3.05) is 11.6 Å². The van der Waals surface area contributed by atoms with Crippen molar-refractivity contribution in [1.82, 2.24) is 0 Å². The average Bonchev–Trinajstić information content (AvgIpc) is 2.17. The Bertz CT molecular complexity index is 550. The Balaban J connectivity index is 2.48. The smallest absolute Gasteiger partial charge is 0.265 e. The number of nitrogens with one attached hydrogen (secondary N) is 1. The SMILES string of the molecule is CC1Oc2ccc(S(C)(=O)=O)cc2NC1=O. The maximum absolute atomic E-state index is 11.3. The zero-order chi connectivity index (χ0) is 11.9. The second kappa shape index (κ2) is 3.48. The number of anilines is 1. The van der Waals surface area contributed by atoms with Gasteiger partial charge in [0.15, 0.2) is 15.9 Å². The summed E-state index contributed by atoms with van der Waals surface area (Å²) in [6.07, 6.45) is 0.555. The van der Waals surface area contributed by atoms with E-state index >= 15 is 0 Å². The van der Waals surface area contributed by atoms with Gasteiger partial charge >= 0.3 is 0 Å². The molecule has 0 saturated carbocycles. The van der Waals surface area contributed by atoms with Crippen LogP contribution in [-0.4, -0.2) is 26.7 Å². The molecule has 1 unspecified atom stereocenters. The van der Waals surface area contributed by atoms with Gasteiger partial charge in [-0.2, -0.15) is 0 Å². The molecule has 0 spiro atoms. The van der Waals surface area contributed by atoms with E-state index in [-0.39, 0.29) is 10.8 Å². The summed E-state index contributed by atoms with van der Waals surface area (Å²) in [5.74, 6) is 0.206. The van der Waals surface area contributed by atoms with Gasteiger partial charge in [0.05, 0.1) is 10.6 Å². The van der Waals surface area contributed by atoms with Crippen LogP contribution in [0.15, 0.2) is 23.1 Å². The fourth-order valence-electron chi connectivity index (χ4n) is 1.42. The summed E-state index contributed by atoms with van der Waals surface area (Å²) in [4.78, 5) is 11.5. The van der Waals surface area contributed by atoms with E-state index in [1.54, 1.807) is 13.0 Å². The summed E-state index contributed by atoms with van der Waals surface area (Å²) >= 11 is 0. The highest BCUT2D eigenvalue weighted by Gasteiger charge is 2.24. The lowest BCUT2D eigenvalue weighted by Crippen LogP contribution is -2.34. The lowest BCUT2D eigenvalue weighted by molar-refractivity contribution is -0.122. The molecule has 6 heteroatoms. The van der Waals surface area contributed by atoms with E-state index in [1.165, 1.54) is 12.1 Å². The van der Waals surface area contributed by atoms with Gasteiger partial charge in [-0.1, -0.05) is 0 Å². The van der Waals surface area contributed by atoms with Gasteiger partial charge in [0.2, 0.25) is 0 Å². The van der Waals surface area contributed by atoms with Crippen LogP contribution < -0.4 is 10.1 Å². The molecular formula is C10H11NO4S. The molecule has 1 atom stereocenters.